The van der Waals surface area contributed by atoms with E-state index in [1.807, 2.05) is 25.1 Å². The second-order valence-corrected chi connectivity index (χ2v) is 5.44. The van der Waals surface area contributed by atoms with Gasteiger partial charge in [-0.05, 0) is 38.0 Å². The summed E-state index contributed by atoms with van der Waals surface area (Å²) in [5.41, 5.74) is 3.20. The van der Waals surface area contributed by atoms with E-state index in [9.17, 15) is 9.90 Å². The number of fused-ring (bicyclic) bond motifs is 1. The van der Waals surface area contributed by atoms with Gasteiger partial charge in [-0.1, -0.05) is 18.6 Å². The van der Waals surface area contributed by atoms with Gasteiger partial charge in [0, 0.05) is 16.5 Å². The van der Waals surface area contributed by atoms with Crippen LogP contribution < -0.4 is 0 Å². The third-order valence-corrected chi connectivity index (χ3v) is 3.81. The van der Waals surface area contributed by atoms with Crippen LogP contribution in [0.1, 0.15) is 41.4 Å². The van der Waals surface area contributed by atoms with Crippen LogP contribution in [-0.2, 0) is 5.41 Å². The highest BCUT2D eigenvalue weighted by Crippen LogP contribution is 2.47. The first-order valence-electron chi connectivity index (χ1n) is 6.15. The molecule has 1 aliphatic rings. The number of benzene rings is 1. The summed E-state index contributed by atoms with van der Waals surface area (Å²) in [6, 6.07) is 7.52. The number of pyridine rings is 1. The molecule has 1 aromatic heterocycles. The second kappa shape index (κ2) is 3.55. The zero-order chi connectivity index (χ0) is 12.9. The lowest BCUT2D eigenvalue weighted by Crippen LogP contribution is -2.08. The maximum atomic E-state index is 11.4. The Labute approximate surface area is 105 Å². The van der Waals surface area contributed by atoms with Crippen molar-refractivity contribution in [3.05, 3.63) is 41.1 Å². The molecule has 0 unspecified atom stereocenters. The van der Waals surface area contributed by atoms with Crippen molar-refractivity contribution < 1.29 is 9.90 Å². The van der Waals surface area contributed by atoms with Crippen molar-refractivity contribution >= 4 is 16.9 Å². The van der Waals surface area contributed by atoms with Gasteiger partial charge >= 0.3 is 5.97 Å². The first-order chi connectivity index (χ1) is 8.49. The summed E-state index contributed by atoms with van der Waals surface area (Å²) in [6.07, 6.45) is 2.19. The van der Waals surface area contributed by atoms with Crippen LogP contribution in [-0.4, -0.2) is 16.1 Å². The van der Waals surface area contributed by atoms with Crippen molar-refractivity contribution in [1.82, 2.24) is 4.98 Å². The minimum Gasteiger partial charge on any atom is -0.478 e. The predicted octanol–water partition coefficient (Wildman–Crippen LogP) is 3.29. The highest BCUT2D eigenvalue weighted by molar-refractivity contribution is 6.02. The minimum atomic E-state index is -0.876. The topological polar surface area (TPSA) is 50.2 Å². The Morgan fingerprint density at radius 3 is 2.67 bits per heavy atom. The predicted molar refractivity (Wildman–Crippen MR) is 70.0 cm³/mol. The molecule has 1 heterocycles. The lowest BCUT2D eigenvalue weighted by atomic mass is 9.99. The molecule has 0 spiro atoms. The van der Waals surface area contributed by atoms with Crippen LogP contribution >= 0.6 is 0 Å². The summed E-state index contributed by atoms with van der Waals surface area (Å²) < 4.78 is 0. The summed E-state index contributed by atoms with van der Waals surface area (Å²) in [4.78, 5) is 16.0. The fourth-order valence-corrected chi connectivity index (χ4v) is 2.27. The van der Waals surface area contributed by atoms with Gasteiger partial charge in [0.1, 0.15) is 0 Å². The molecule has 3 nitrogen and oxygen atoms in total. The SMILES string of the molecule is Cc1ccc2nc(C3(C)CC3)cc(C(=O)O)c2c1. The second-order valence-electron chi connectivity index (χ2n) is 5.44. The van der Waals surface area contributed by atoms with E-state index in [0.717, 1.165) is 35.0 Å². The summed E-state index contributed by atoms with van der Waals surface area (Å²) in [5.74, 6) is -0.876. The Morgan fingerprint density at radius 2 is 2.06 bits per heavy atom. The molecule has 1 saturated carbocycles. The first kappa shape index (κ1) is 11.2. The van der Waals surface area contributed by atoms with E-state index in [1.54, 1.807) is 6.07 Å². The van der Waals surface area contributed by atoms with E-state index in [0.29, 0.717) is 5.56 Å². The molecule has 18 heavy (non-hydrogen) atoms. The molecule has 0 saturated heterocycles. The molecule has 3 rings (SSSR count). The highest BCUT2D eigenvalue weighted by Gasteiger charge is 2.41. The van der Waals surface area contributed by atoms with E-state index in [4.69, 9.17) is 0 Å². The van der Waals surface area contributed by atoms with Crippen LogP contribution in [0.2, 0.25) is 0 Å². The Balaban J connectivity index is 2.32. The van der Waals surface area contributed by atoms with Gasteiger partial charge in [-0.2, -0.15) is 0 Å². The highest BCUT2D eigenvalue weighted by atomic mass is 16.4. The molecular formula is C15H15NO2. The molecular weight excluding hydrogens is 226 g/mol. The molecule has 92 valence electrons. The minimum absolute atomic E-state index is 0.0866. The van der Waals surface area contributed by atoms with Gasteiger partial charge in [0.15, 0.2) is 0 Å². The van der Waals surface area contributed by atoms with E-state index in [1.165, 1.54) is 0 Å². The third kappa shape index (κ3) is 1.67. The smallest absolute Gasteiger partial charge is 0.336 e. The summed E-state index contributed by atoms with van der Waals surface area (Å²) in [6.45, 7) is 4.10. The third-order valence-electron chi connectivity index (χ3n) is 3.81. The Morgan fingerprint density at radius 1 is 1.33 bits per heavy atom. The van der Waals surface area contributed by atoms with Gasteiger partial charge < -0.3 is 5.11 Å². The monoisotopic (exact) mass is 241 g/mol. The van der Waals surface area contributed by atoms with Gasteiger partial charge in [0.2, 0.25) is 0 Å². The summed E-state index contributed by atoms with van der Waals surface area (Å²) in [5, 5.41) is 10.1. The average Bonchev–Trinajstić information content (AvgIpc) is 3.07. The molecule has 1 aliphatic carbocycles. The summed E-state index contributed by atoms with van der Waals surface area (Å²) in [7, 11) is 0. The molecule has 1 fully saturated rings. The van der Waals surface area contributed by atoms with Gasteiger partial charge in [0.25, 0.3) is 0 Å². The van der Waals surface area contributed by atoms with Crippen LogP contribution in [0, 0.1) is 6.92 Å². The van der Waals surface area contributed by atoms with Crippen molar-refractivity contribution in [3.63, 3.8) is 0 Å². The molecule has 0 aliphatic heterocycles. The number of aryl methyl sites for hydroxylation is 1. The number of carboxylic acids is 1. The van der Waals surface area contributed by atoms with E-state index >= 15 is 0 Å². The van der Waals surface area contributed by atoms with Crippen molar-refractivity contribution in [2.75, 3.05) is 0 Å². The van der Waals surface area contributed by atoms with Crippen molar-refractivity contribution in [2.24, 2.45) is 0 Å². The fraction of sp³-hybridized carbons (Fsp3) is 0.333. The standard InChI is InChI=1S/C15H15NO2/c1-9-3-4-12-10(7-9)11(14(17)18)8-13(16-12)15(2)5-6-15/h3-4,7-8H,5-6H2,1-2H3,(H,17,18). The zero-order valence-corrected chi connectivity index (χ0v) is 10.5. The van der Waals surface area contributed by atoms with Crippen molar-refractivity contribution in [3.8, 4) is 0 Å². The number of rotatable bonds is 2. The molecule has 3 heteroatoms. The number of aromatic carboxylic acids is 1. The number of hydrogen-bond acceptors (Lipinski definition) is 2. The van der Waals surface area contributed by atoms with Crippen LogP contribution in [0.25, 0.3) is 10.9 Å². The number of carbonyl (C=O) groups is 1. The maximum Gasteiger partial charge on any atom is 0.336 e. The van der Waals surface area contributed by atoms with Crippen molar-refractivity contribution in [1.29, 1.82) is 0 Å². The van der Waals surface area contributed by atoms with E-state index in [-0.39, 0.29) is 5.41 Å². The Hall–Kier alpha value is -1.90. The van der Waals surface area contributed by atoms with E-state index < -0.39 is 5.97 Å². The number of aromatic nitrogens is 1. The van der Waals surface area contributed by atoms with Crippen molar-refractivity contribution in [2.45, 2.75) is 32.1 Å². The Kier molecular flexibility index (Phi) is 2.21. The molecule has 1 aromatic carbocycles. The van der Waals surface area contributed by atoms with Crippen LogP contribution in [0.15, 0.2) is 24.3 Å². The Bertz CT molecular complexity index is 657. The van der Waals surface area contributed by atoms with Gasteiger partial charge in [-0.15, -0.1) is 0 Å². The lowest BCUT2D eigenvalue weighted by Gasteiger charge is -2.11. The van der Waals surface area contributed by atoms with Crippen LogP contribution in [0.5, 0.6) is 0 Å². The summed E-state index contributed by atoms with van der Waals surface area (Å²) >= 11 is 0. The fourth-order valence-electron chi connectivity index (χ4n) is 2.27. The number of nitrogens with zero attached hydrogens (tertiary/aromatic N) is 1. The van der Waals surface area contributed by atoms with Gasteiger partial charge in [0.05, 0.1) is 11.1 Å². The van der Waals surface area contributed by atoms with Crippen LogP contribution in [0.3, 0.4) is 0 Å². The van der Waals surface area contributed by atoms with Gasteiger partial charge in [-0.3, -0.25) is 4.98 Å². The zero-order valence-electron chi connectivity index (χ0n) is 10.5. The lowest BCUT2D eigenvalue weighted by molar-refractivity contribution is 0.0699. The molecule has 1 N–H and O–H groups in total. The largest absolute Gasteiger partial charge is 0.478 e. The molecule has 0 atom stereocenters. The molecule has 0 radical (unpaired) electrons. The van der Waals surface area contributed by atoms with Crippen LogP contribution in [0.4, 0.5) is 0 Å². The number of hydrogen-bond donors (Lipinski definition) is 1. The average molecular weight is 241 g/mol. The first-order valence-corrected chi connectivity index (χ1v) is 6.15. The quantitative estimate of drug-likeness (QED) is 0.877. The normalized spacial score (nSPS) is 16.8. The maximum absolute atomic E-state index is 11.4. The van der Waals surface area contributed by atoms with E-state index in [2.05, 4.69) is 11.9 Å². The van der Waals surface area contributed by atoms with Gasteiger partial charge in [-0.25, -0.2) is 4.79 Å². The molecule has 2 aromatic rings. The molecule has 0 amide bonds. The number of carboxylic acid groups (broad SMARTS) is 1. The molecule has 0 bridgehead atoms.